The zero-order valence-corrected chi connectivity index (χ0v) is 13.3. The van der Waals surface area contributed by atoms with Crippen LogP contribution in [0.4, 0.5) is 19.0 Å². The van der Waals surface area contributed by atoms with Gasteiger partial charge in [0, 0.05) is 18.5 Å². The van der Waals surface area contributed by atoms with E-state index in [1.807, 2.05) is 31.2 Å². The van der Waals surface area contributed by atoms with Gasteiger partial charge < -0.3 is 4.90 Å². The number of hydrogen-bond donors (Lipinski definition) is 0. The Labute approximate surface area is 136 Å². The summed E-state index contributed by atoms with van der Waals surface area (Å²) in [4.78, 5) is 2.07. The molecule has 0 bridgehead atoms. The lowest BCUT2D eigenvalue weighted by molar-refractivity contribution is -0.137. The second-order valence-electron chi connectivity index (χ2n) is 5.21. The van der Waals surface area contributed by atoms with Crippen molar-refractivity contribution in [1.29, 1.82) is 0 Å². The first-order chi connectivity index (χ1) is 11.0. The first-order valence-electron chi connectivity index (χ1n) is 7.24. The fourth-order valence-electron chi connectivity index (χ4n) is 2.46. The monoisotopic (exact) mass is 336 g/mol. The maximum atomic E-state index is 12.6. The number of nitrogens with zero attached hydrogens (tertiary/aromatic N) is 2. The van der Waals surface area contributed by atoms with Crippen LogP contribution < -0.4 is 4.90 Å². The van der Waals surface area contributed by atoms with E-state index in [0.29, 0.717) is 6.54 Å². The van der Waals surface area contributed by atoms with Gasteiger partial charge in [-0.15, -0.1) is 0 Å². The van der Waals surface area contributed by atoms with Gasteiger partial charge in [-0.2, -0.15) is 17.5 Å². The molecule has 0 aliphatic heterocycles. The van der Waals surface area contributed by atoms with Crippen LogP contribution in [0.2, 0.25) is 0 Å². The van der Waals surface area contributed by atoms with Crippen molar-refractivity contribution in [2.75, 3.05) is 11.4 Å². The van der Waals surface area contributed by atoms with Gasteiger partial charge in [0.05, 0.1) is 10.3 Å². The fourth-order valence-corrected chi connectivity index (χ4v) is 3.25. The van der Waals surface area contributed by atoms with E-state index in [-0.39, 0.29) is 0 Å². The summed E-state index contributed by atoms with van der Waals surface area (Å²) in [6.07, 6.45) is -4.30. The van der Waals surface area contributed by atoms with Crippen molar-refractivity contribution in [2.24, 2.45) is 0 Å². The Morgan fingerprint density at radius 1 is 1.04 bits per heavy atom. The molecule has 0 saturated carbocycles. The molecule has 2 aromatic carbocycles. The van der Waals surface area contributed by atoms with Crippen molar-refractivity contribution in [1.82, 2.24) is 4.37 Å². The molecule has 0 spiro atoms. The summed E-state index contributed by atoms with van der Waals surface area (Å²) < 4.78 is 43.5. The molecule has 23 heavy (non-hydrogen) atoms. The molecule has 120 valence electrons. The van der Waals surface area contributed by atoms with Crippen LogP contribution in [0.1, 0.15) is 18.1 Å². The minimum absolute atomic E-state index is 0.530. The van der Waals surface area contributed by atoms with Crippen molar-refractivity contribution in [3.05, 3.63) is 59.7 Å². The normalized spacial score (nSPS) is 11.8. The quantitative estimate of drug-likeness (QED) is 0.639. The van der Waals surface area contributed by atoms with Gasteiger partial charge in [0.2, 0.25) is 0 Å². The van der Waals surface area contributed by atoms with E-state index >= 15 is 0 Å². The molecule has 3 aromatic rings. The van der Waals surface area contributed by atoms with Gasteiger partial charge in [0.25, 0.3) is 0 Å². The molecule has 0 unspecified atom stereocenters. The van der Waals surface area contributed by atoms with Gasteiger partial charge in [0.15, 0.2) is 0 Å². The van der Waals surface area contributed by atoms with Crippen LogP contribution in [0.5, 0.6) is 0 Å². The predicted molar refractivity (Wildman–Crippen MR) is 87.8 cm³/mol. The summed E-state index contributed by atoms with van der Waals surface area (Å²) in [5.41, 5.74) is 0.209. The molecule has 0 aliphatic rings. The second-order valence-corrected chi connectivity index (χ2v) is 6.02. The molecular weight excluding hydrogens is 321 g/mol. The molecular formula is C17H15F3N2S. The summed E-state index contributed by atoms with van der Waals surface area (Å²) in [5, 5.41) is 1.08. The van der Waals surface area contributed by atoms with Gasteiger partial charge >= 0.3 is 6.18 Å². The summed E-state index contributed by atoms with van der Waals surface area (Å²) in [6, 6.07) is 13.3. The lowest BCUT2D eigenvalue weighted by Crippen LogP contribution is -2.22. The summed E-state index contributed by atoms with van der Waals surface area (Å²) in [6.45, 7) is 3.27. The molecule has 3 rings (SSSR count). The lowest BCUT2D eigenvalue weighted by Gasteiger charge is -2.21. The Morgan fingerprint density at radius 3 is 2.39 bits per heavy atom. The van der Waals surface area contributed by atoms with Crippen LogP contribution >= 0.6 is 11.5 Å². The maximum absolute atomic E-state index is 12.6. The molecule has 0 N–H and O–H groups in total. The van der Waals surface area contributed by atoms with Crippen LogP contribution in [0.3, 0.4) is 0 Å². The van der Waals surface area contributed by atoms with Gasteiger partial charge in [-0.05, 0) is 48.3 Å². The van der Waals surface area contributed by atoms with E-state index in [1.54, 1.807) is 0 Å². The van der Waals surface area contributed by atoms with Crippen molar-refractivity contribution >= 4 is 27.4 Å². The fraction of sp³-hybridized carbons (Fsp3) is 0.235. The van der Waals surface area contributed by atoms with Crippen molar-refractivity contribution in [3.63, 3.8) is 0 Å². The van der Waals surface area contributed by atoms with Crippen molar-refractivity contribution in [2.45, 2.75) is 19.6 Å². The first-order valence-corrected chi connectivity index (χ1v) is 8.02. The minimum atomic E-state index is -4.30. The predicted octanol–water partition coefficient (Wildman–Crippen LogP) is 5.34. The van der Waals surface area contributed by atoms with E-state index in [1.165, 1.54) is 23.7 Å². The third kappa shape index (κ3) is 3.32. The molecule has 2 nitrogen and oxygen atoms in total. The topological polar surface area (TPSA) is 16.1 Å². The third-order valence-corrected chi connectivity index (χ3v) is 4.51. The van der Waals surface area contributed by atoms with Gasteiger partial charge in [0.1, 0.15) is 5.82 Å². The number of benzene rings is 2. The molecule has 1 heterocycles. The first kappa shape index (κ1) is 15.8. The number of fused-ring (bicyclic) bond motifs is 1. The minimum Gasteiger partial charge on any atom is -0.351 e. The van der Waals surface area contributed by atoms with Gasteiger partial charge in [-0.25, -0.2) is 0 Å². The number of rotatable bonds is 4. The van der Waals surface area contributed by atoms with E-state index in [2.05, 4.69) is 9.27 Å². The highest BCUT2D eigenvalue weighted by atomic mass is 32.1. The molecule has 0 fully saturated rings. The van der Waals surface area contributed by atoms with Gasteiger partial charge in [-0.1, -0.05) is 24.3 Å². The Kier molecular flexibility index (Phi) is 4.26. The van der Waals surface area contributed by atoms with E-state index in [4.69, 9.17) is 0 Å². The van der Waals surface area contributed by atoms with E-state index < -0.39 is 11.7 Å². The standard InChI is InChI=1S/C17H15F3N2S/c1-2-22(16-14-5-3-4-6-15(14)23-21-16)11-12-7-9-13(10-8-12)17(18,19)20/h3-10H,2,11H2,1H3. The van der Waals surface area contributed by atoms with Crippen molar-refractivity contribution in [3.8, 4) is 0 Å². The molecule has 0 radical (unpaired) electrons. The number of halogens is 3. The highest BCUT2D eigenvalue weighted by Gasteiger charge is 2.30. The molecule has 0 amide bonds. The van der Waals surface area contributed by atoms with E-state index in [0.717, 1.165) is 40.1 Å². The number of aromatic nitrogens is 1. The lowest BCUT2D eigenvalue weighted by atomic mass is 10.1. The highest BCUT2D eigenvalue weighted by molar-refractivity contribution is 7.13. The zero-order valence-electron chi connectivity index (χ0n) is 12.5. The average molecular weight is 336 g/mol. The smallest absolute Gasteiger partial charge is 0.351 e. The number of anilines is 1. The Morgan fingerprint density at radius 2 is 1.74 bits per heavy atom. The Hall–Kier alpha value is -2.08. The maximum Gasteiger partial charge on any atom is 0.416 e. The van der Waals surface area contributed by atoms with Crippen LogP contribution in [0.25, 0.3) is 10.1 Å². The van der Waals surface area contributed by atoms with E-state index in [9.17, 15) is 13.2 Å². The van der Waals surface area contributed by atoms with Crippen LogP contribution in [-0.2, 0) is 12.7 Å². The second kappa shape index (κ2) is 6.20. The van der Waals surface area contributed by atoms with Crippen LogP contribution in [0.15, 0.2) is 48.5 Å². The Balaban J connectivity index is 1.85. The third-order valence-electron chi connectivity index (χ3n) is 3.69. The number of hydrogen-bond acceptors (Lipinski definition) is 3. The molecule has 0 atom stereocenters. The molecule has 6 heteroatoms. The Bertz CT molecular complexity index is 793. The highest BCUT2D eigenvalue weighted by Crippen LogP contribution is 2.31. The largest absolute Gasteiger partial charge is 0.416 e. The molecule has 1 aromatic heterocycles. The van der Waals surface area contributed by atoms with Gasteiger partial charge in [-0.3, -0.25) is 0 Å². The van der Waals surface area contributed by atoms with Crippen molar-refractivity contribution < 1.29 is 13.2 Å². The zero-order chi connectivity index (χ0) is 16.4. The van der Waals surface area contributed by atoms with Crippen LogP contribution in [-0.4, -0.2) is 10.9 Å². The molecule has 0 aliphatic carbocycles. The summed E-state index contributed by atoms with van der Waals surface area (Å²) in [7, 11) is 0. The number of alkyl halides is 3. The summed E-state index contributed by atoms with van der Waals surface area (Å²) in [5.74, 6) is 0.882. The molecule has 0 saturated heterocycles. The summed E-state index contributed by atoms with van der Waals surface area (Å²) >= 11 is 1.43. The van der Waals surface area contributed by atoms with Crippen LogP contribution in [0, 0.1) is 0 Å². The average Bonchev–Trinajstić information content (AvgIpc) is 2.96. The SMILES string of the molecule is CCN(Cc1ccc(C(F)(F)F)cc1)c1nsc2ccccc12.